The first kappa shape index (κ1) is 43.3. The molecule has 2 atom stereocenters. The summed E-state index contributed by atoms with van der Waals surface area (Å²) in [5, 5.41) is 5.14. The lowest BCUT2D eigenvalue weighted by Crippen LogP contribution is -2.37. The highest BCUT2D eigenvalue weighted by Gasteiger charge is 2.24. The number of ether oxygens (including phenoxy) is 8. The second-order valence-corrected chi connectivity index (χ2v) is 13.0. The Hall–Kier alpha value is -5.08. The van der Waals surface area contributed by atoms with E-state index < -0.39 is 36.3 Å². The van der Waals surface area contributed by atoms with Gasteiger partial charge in [-0.25, -0.2) is 19.2 Å². The third-order valence-electron chi connectivity index (χ3n) is 8.09. The second kappa shape index (κ2) is 25.0. The second-order valence-electron chi connectivity index (χ2n) is 13.0. The van der Waals surface area contributed by atoms with Gasteiger partial charge in [-0.2, -0.15) is 0 Å². The van der Waals surface area contributed by atoms with Crippen LogP contribution in [0.1, 0.15) is 39.5 Å². The summed E-state index contributed by atoms with van der Waals surface area (Å²) in [6.07, 6.45) is 1.09. The van der Waals surface area contributed by atoms with Crippen LogP contribution in [0, 0.1) is 11.8 Å². The quantitative estimate of drug-likeness (QED) is 0.0607. The Labute approximate surface area is 317 Å². The average Bonchev–Trinajstić information content (AvgIpc) is 3.17. The Bertz CT molecular complexity index is 1340. The molecule has 2 aromatic carbocycles. The Morgan fingerprint density at radius 3 is 1.33 bits per heavy atom. The van der Waals surface area contributed by atoms with Crippen LogP contribution in [0.5, 0.6) is 11.5 Å². The zero-order valence-corrected chi connectivity index (χ0v) is 31.3. The van der Waals surface area contributed by atoms with Crippen LogP contribution in [0.3, 0.4) is 0 Å². The van der Waals surface area contributed by atoms with Crippen molar-refractivity contribution in [3.8, 4) is 11.5 Å². The minimum Gasteiger partial charge on any atom is -0.490 e. The molecule has 2 unspecified atom stereocenters. The molecule has 14 nitrogen and oxygen atoms in total. The number of nitrogens with one attached hydrogen (secondary N) is 2. The van der Waals surface area contributed by atoms with E-state index in [2.05, 4.69) is 23.8 Å². The first-order valence-corrected chi connectivity index (χ1v) is 18.1. The smallest absolute Gasteiger partial charge is 0.407 e. The number of hydrogen-bond acceptors (Lipinski definition) is 12. The van der Waals surface area contributed by atoms with E-state index in [0.29, 0.717) is 36.5 Å². The molecule has 0 aromatic heterocycles. The van der Waals surface area contributed by atoms with Crippen molar-refractivity contribution in [1.29, 1.82) is 0 Å². The number of carbonyl (C=O) groups excluding carboxylic acids is 4. The summed E-state index contributed by atoms with van der Waals surface area (Å²) in [5.74, 6) is 0.894. The summed E-state index contributed by atoms with van der Waals surface area (Å²) >= 11 is 0. The zero-order chi connectivity index (χ0) is 39.0. The van der Waals surface area contributed by atoms with E-state index in [1.165, 1.54) is 0 Å². The molecule has 2 aromatic rings. The van der Waals surface area contributed by atoms with Crippen LogP contribution in [0.4, 0.5) is 9.59 Å². The molecule has 2 amide bonds. The summed E-state index contributed by atoms with van der Waals surface area (Å²) in [7, 11) is 0. The maximum Gasteiger partial charge on any atom is 0.407 e. The van der Waals surface area contributed by atoms with Crippen molar-refractivity contribution in [2.45, 2.75) is 51.7 Å². The van der Waals surface area contributed by atoms with Crippen LogP contribution in [0.15, 0.2) is 85.0 Å². The van der Waals surface area contributed by atoms with E-state index in [1.807, 2.05) is 60.7 Å². The average molecular weight is 755 g/mol. The molecule has 14 heteroatoms. The predicted molar refractivity (Wildman–Crippen MR) is 199 cm³/mol. The predicted octanol–water partition coefficient (Wildman–Crippen LogP) is 5.41. The topological polar surface area (TPSA) is 166 Å². The molecule has 1 saturated carbocycles. The number of hydrogen-bond donors (Lipinski definition) is 2. The van der Waals surface area contributed by atoms with Crippen LogP contribution in [-0.4, -0.2) is 102 Å². The van der Waals surface area contributed by atoms with Gasteiger partial charge in [-0.1, -0.05) is 49.6 Å². The Kier molecular flexibility index (Phi) is 20.1. The molecule has 3 rings (SSSR count). The van der Waals surface area contributed by atoms with Crippen LogP contribution < -0.4 is 20.1 Å². The molecule has 0 bridgehead atoms. The van der Waals surface area contributed by atoms with Gasteiger partial charge in [0.25, 0.3) is 0 Å². The number of alkyl carbamates (subject to hydrolysis) is 2. The fraction of sp³-hybridized carbons (Fsp3) is 0.500. The number of amides is 2. The van der Waals surface area contributed by atoms with Crippen molar-refractivity contribution in [2.24, 2.45) is 11.8 Å². The van der Waals surface area contributed by atoms with Crippen molar-refractivity contribution < 1.29 is 57.1 Å². The van der Waals surface area contributed by atoms with E-state index in [0.717, 1.165) is 25.7 Å². The summed E-state index contributed by atoms with van der Waals surface area (Å²) < 4.78 is 44.8. The lowest BCUT2D eigenvalue weighted by atomic mass is 9.83. The molecular formula is C40H54N2O12. The Balaban J connectivity index is 1.38. The minimum absolute atomic E-state index is 0.0118. The highest BCUT2D eigenvalue weighted by atomic mass is 16.6. The summed E-state index contributed by atoms with van der Waals surface area (Å²) in [6.45, 7) is 11.8. The molecule has 1 fully saturated rings. The van der Waals surface area contributed by atoms with E-state index in [4.69, 9.17) is 37.9 Å². The van der Waals surface area contributed by atoms with Gasteiger partial charge in [0, 0.05) is 24.4 Å². The van der Waals surface area contributed by atoms with Gasteiger partial charge in [-0.3, -0.25) is 0 Å². The summed E-state index contributed by atoms with van der Waals surface area (Å²) in [6, 6.07) is 18.4. The van der Waals surface area contributed by atoms with Crippen molar-refractivity contribution >= 4 is 24.1 Å². The maximum atomic E-state index is 12.5. The van der Waals surface area contributed by atoms with Crippen LogP contribution in [-0.2, 0) is 38.0 Å². The molecule has 54 heavy (non-hydrogen) atoms. The molecule has 0 heterocycles. The minimum atomic E-state index is -0.673. The van der Waals surface area contributed by atoms with Crippen molar-refractivity contribution in [3.05, 3.63) is 85.0 Å². The van der Waals surface area contributed by atoms with E-state index >= 15 is 0 Å². The third-order valence-corrected chi connectivity index (χ3v) is 8.09. The summed E-state index contributed by atoms with van der Waals surface area (Å²) in [4.78, 5) is 48.0. The lowest BCUT2D eigenvalue weighted by Gasteiger charge is -2.29. The van der Waals surface area contributed by atoms with E-state index in [1.54, 1.807) is 13.8 Å². The van der Waals surface area contributed by atoms with Gasteiger partial charge in [0.2, 0.25) is 0 Å². The SMILES string of the molecule is C=C(C)C(=O)OCCNC(=O)OC(COCC1CCC(COCC(COc2ccccc2)OC(=O)NCCOC(=O)C(=C)C)CC1)COc1ccccc1. The molecule has 2 N–H and O–H groups in total. The fourth-order valence-corrected chi connectivity index (χ4v) is 5.17. The molecular weight excluding hydrogens is 700 g/mol. The van der Waals surface area contributed by atoms with Gasteiger partial charge in [0.05, 0.1) is 26.3 Å². The fourth-order valence-electron chi connectivity index (χ4n) is 5.17. The molecule has 296 valence electrons. The molecule has 0 spiro atoms. The van der Waals surface area contributed by atoms with E-state index in [-0.39, 0.29) is 63.9 Å². The number of benzene rings is 2. The van der Waals surface area contributed by atoms with Crippen LogP contribution >= 0.6 is 0 Å². The summed E-state index contributed by atoms with van der Waals surface area (Å²) in [5.41, 5.74) is 0.550. The standard InChI is InChI=1S/C40H54N2O12/c1-29(2)37(43)49-21-19-41-39(45)53-35(27-51-33-11-7-5-8-12-33)25-47-23-31-15-17-32(18-16-31)24-48-26-36(28-52-34-13-9-6-10-14-34)54-40(46)42-20-22-50-38(44)30(3)4/h5-14,31-32,35-36H,1,3,15-28H2,2,4H3,(H,41,45)(H,42,46). The molecule has 1 aliphatic rings. The number of para-hydroxylation sites is 2. The van der Waals surface area contributed by atoms with Crippen molar-refractivity contribution in [1.82, 2.24) is 10.6 Å². The number of carbonyl (C=O) groups is 4. The first-order valence-electron chi connectivity index (χ1n) is 18.1. The Morgan fingerprint density at radius 1 is 0.611 bits per heavy atom. The van der Waals surface area contributed by atoms with E-state index in [9.17, 15) is 19.2 Å². The normalized spacial score (nSPS) is 16.1. The number of esters is 2. The van der Waals surface area contributed by atoms with Crippen molar-refractivity contribution in [2.75, 3.05) is 65.9 Å². The molecule has 0 radical (unpaired) electrons. The first-order chi connectivity index (χ1) is 26.1. The van der Waals surface area contributed by atoms with Crippen LogP contribution in [0.2, 0.25) is 0 Å². The van der Waals surface area contributed by atoms with Gasteiger partial charge < -0.3 is 48.5 Å². The highest BCUT2D eigenvalue weighted by Crippen LogP contribution is 2.29. The van der Waals surface area contributed by atoms with Gasteiger partial charge in [0.1, 0.15) is 37.9 Å². The largest absolute Gasteiger partial charge is 0.490 e. The van der Waals surface area contributed by atoms with Crippen molar-refractivity contribution in [3.63, 3.8) is 0 Å². The molecule has 0 saturated heterocycles. The Morgan fingerprint density at radius 2 is 0.981 bits per heavy atom. The highest BCUT2D eigenvalue weighted by molar-refractivity contribution is 5.87. The lowest BCUT2D eigenvalue weighted by molar-refractivity contribution is -0.139. The number of rotatable bonds is 24. The molecule has 0 aliphatic heterocycles. The van der Waals surface area contributed by atoms with Crippen LogP contribution in [0.25, 0.3) is 0 Å². The van der Waals surface area contributed by atoms with Gasteiger partial charge in [-0.05, 0) is 75.6 Å². The molecule has 1 aliphatic carbocycles. The monoisotopic (exact) mass is 754 g/mol. The van der Waals surface area contributed by atoms with Gasteiger partial charge in [0.15, 0.2) is 12.2 Å². The van der Waals surface area contributed by atoms with Gasteiger partial charge >= 0.3 is 24.1 Å². The zero-order valence-electron chi connectivity index (χ0n) is 31.3. The third kappa shape index (κ3) is 18.6. The maximum absolute atomic E-state index is 12.5. The van der Waals surface area contributed by atoms with Gasteiger partial charge in [-0.15, -0.1) is 0 Å².